The van der Waals surface area contributed by atoms with Crippen LogP contribution in [0.5, 0.6) is 5.75 Å². The standard InChI is InChI=1S/C18H15ClN2O2/c19-15-5-1-3-13(7-15)10-21-11-16(20-12-21)9-18(23)14-4-2-6-17(22)8-14/h1-8,11-12,22H,9-10H2. The van der Waals surface area contributed by atoms with Crippen molar-refractivity contribution in [3.8, 4) is 5.75 Å². The molecule has 2 aromatic carbocycles. The number of phenols is 1. The molecule has 0 unspecified atom stereocenters. The summed E-state index contributed by atoms with van der Waals surface area (Å²) in [6.45, 7) is 0.647. The molecule has 0 radical (unpaired) electrons. The van der Waals surface area contributed by atoms with Crippen molar-refractivity contribution in [1.29, 1.82) is 0 Å². The first kappa shape index (κ1) is 15.3. The SMILES string of the molecule is O=C(Cc1cn(Cc2cccc(Cl)c2)cn1)c1cccc(O)c1. The van der Waals surface area contributed by atoms with Crippen LogP contribution in [0.2, 0.25) is 5.02 Å². The van der Waals surface area contributed by atoms with Crippen LogP contribution >= 0.6 is 11.6 Å². The maximum Gasteiger partial charge on any atom is 0.169 e. The molecule has 0 aliphatic carbocycles. The van der Waals surface area contributed by atoms with E-state index in [-0.39, 0.29) is 18.0 Å². The second-order valence-electron chi connectivity index (χ2n) is 5.32. The van der Waals surface area contributed by atoms with Crippen LogP contribution in [0.15, 0.2) is 61.1 Å². The van der Waals surface area contributed by atoms with Crippen LogP contribution in [0, 0.1) is 0 Å². The molecule has 0 amide bonds. The maximum absolute atomic E-state index is 12.2. The normalized spacial score (nSPS) is 10.7. The molecule has 116 valence electrons. The molecule has 0 aliphatic heterocycles. The molecule has 4 nitrogen and oxygen atoms in total. The predicted molar refractivity (Wildman–Crippen MR) is 88.9 cm³/mol. The molecule has 0 bridgehead atoms. The fourth-order valence-corrected chi connectivity index (χ4v) is 2.59. The summed E-state index contributed by atoms with van der Waals surface area (Å²) in [5.41, 5.74) is 2.25. The largest absolute Gasteiger partial charge is 0.508 e. The summed E-state index contributed by atoms with van der Waals surface area (Å²) in [6.07, 6.45) is 3.75. The van der Waals surface area contributed by atoms with Gasteiger partial charge in [0.05, 0.1) is 18.4 Å². The van der Waals surface area contributed by atoms with E-state index < -0.39 is 0 Å². The van der Waals surface area contributed by atoms with Crippen molar-refractivity contribution in [3.63, 3.8) is 0 Å². The number of hydrogen-bond donors (Lipinski definition) is 1. The van der Waals surface area contributed by atoms with Crippen molar-refractivity contribution in [3.05, 3.63) is 82.9 Å². The van der Waals surface area contributed by atoms with Gasteiger partial charge in [-0.3, -0.25) is 4.79 Å². The highest BCUT2D eigenvalue weighted by Crippen LogP contribution is 2.14. The van der Waals surface area contributed by atoms with Gasteiger partial charge < -0.3 is 9.67 Å². The zero-order chi connectivity index (χ0) is 16.2. The fraction of sp³-hybridized carbons (Fsp3) is 0.111. The fourth-order valence-electron chi connectivity index (χ4n) is 2.38. The van der Waals surface area contributed by atoms with Gasteiger partial charge in [-0.15, -0.1) is 0 Å². The second kappa shape index (κ2) is 6.67. The Labute approximate surface area is 139 Å². The van der Waals surface area contributed by atoms with Gasteiger partial charge in [-0.25, -0.2) is 4.98 Å². The van der Waals surface area contributed by atoms with Gasteiger partial charge in [0.15, 0.2) is 5.78 Å². The zero-order valence-corrected chi connectivity index (χ0v) is 13.1. The molecule has 0 saturated heterocycles. The molecule has 0 saturated carbocycles. The number of benzene rings is 2. The molecule has 1 N–H and O–H groups in total. The van der Waals surface area contributed by atoms with Gasteiger partial charge in [-0.2, -0.15) is 0 Å². The summed E-state index contributed by atoms with van der Waals surface area (Å²) in [5.74, 6) is 0.0104. The Morgan fingerprint density at radius 1 is 1.17 bits per heavy atom. The Morgan fingerprint density at radius 2 is 2.00 bits per heavy atom. The summed E-state index contributed by atoms with van der Waals surface area (Å²) >= 11 is 5.98. The topological polar surface area (TPSA) is 55.1 Å². The van der Waals surface area contributed by atoms with E-state index in [1.165, 1.54) is 12.1 Å². The van der Waals surface area contributed by atoms with Crippen LogP contribution in [-0.2, 0) is 13.0 Å². The summed E-state index contributed by atoms with van der Waals surface area (Å²) in [7, 11) is 0. The Balaban J connectivity index is 1.68. The second-order valence-corrected chi connectivity index (χ2v) is 5.75. The molecule has 3 aromatic rings. The number of Topliss-reactive ketones (excluding diaryl/α,β-unsaturated/α-hetero) is 1. The van der Waals surface area contributed by atoms with Gasteiger partial charge in [0.2, 0.25) is 0 Å². The summed E-state index contributed by atoms with van der Waals surface area (Å²) in [6, 6.07) is 14.0. The van der Waals surface area contributed by atoms with Crippen molar-refractivity contribution in [2.24, 2.45) is 0 Å². The minimum Gasteiger partial charge on any atom is -0.508 e. The highest BCUT2D eigenvalue weighted by Gasteiger charge is 2.10. The number of halogens is 1. The Kier molecular flexibility index (Phi) is 4.44. The first-order chi connectivity index (χ1) is 11.1. The van der Waals surface area contributed by atoms with Crippen LogP contribution in [-0.4, -0.2) is 20.4 Å². The molecule has 23 heavy (non-hydrogen) atoms. The van der Waals surface area contributed by atoms with Gasteiger partial charge >= 0.3 is 0 Å². The van der Waals surface area contributed by atoms with Crippen LogP contribution in [0.25, 0.3) is 0 Å². The number of aromatic hydroxyl groups is 1. The minimum absolute atomic E-state index is 0.0751. The molecule has 0 fully saturated rings. The van der Waals surface area contributed by atoms with Crippen molar-refractivity contribution in [2.45, 2.75) is 13.0 Å². The summed E-state index contributed by atoms with van der Waals surface area (Å²) < 4.78 is 1.91. The average molecular weight is 327 g/mol. The number of carbonyl (C=O) groups is 1. The van der Waals surface area contributed by atoms with E-state index in [2.05, 4.69) is 4.98 Å². The smallest absolute Gasteiger partial charge is 0.169 e. The molecule has 3 rings (SSSR count). The van der Waals surface area contributed by atoms with Crippen molar-refractivity contribution in [1.82, 2.24) is 9.55 Å². The number of hydrogen-bond acceptors (Lipinski definition) is 3. The maximum atomic E-state index is 12.2. The van der Waals surface area contributed by atoms with E-state index in [0.29, 0.717) is 22.8 Å². The summed E-state index contributed by atoms with van der Waals surface area (Å²) in [5, 5.41) is 10.1. The Bertz CT molecular complexity index is 842. The highest BCUT2D eigenvalue weighted by atomic mass is 35.5. The molecular weight excluding hydrogens is 312 g/mol. The van der Waals surface area contributed by atoms with Gasteiger partial charge in [-0.1, -0.05) is 35.9 Å². The lowest BCUT2D eigenvalue weighted by Gasteiger charge is -2.02. The van der Waals surface area contributed by atoms with E-state index in [1.807, 2.05) is 35.0 Å². The lowest BCUT2D eigenvalue weighted by molar-refractivity contribution is 0.0991. The molecule has 1 heterocycles. The number of aromatic nitrogens is 2. The highest BCUT2D eigenvalue weighted by molar-refractivity contribution is 6.30. The van der Waals surface area contributed by atoms with E-state index in [0.717, 1.165) is 5.56 Å². The zero-order valence-electron chi connectivity index (χ0n) is 12.3. The number of nitrogens with zero attached hydrogens (tertiary/aromatic N) is 2. The van der Waals surface area contributed by atoms with E-state index in [9.17, 15) is 9.90 Å². The molecule has 5 heteroatoms. The first-order valence-corrected chi connectivity index (χ1v) is 7.55. The van der Waals surface area contributed by atoms with Crippen LogP contribution in [0.1, 0.15) is 21.6 Å². The van der Waals surface area contributed by atoms with Crippen LogP contribution < -0.4 is 0 Å². The predicted octanol–water partition coefficient (Wildman–Crippen LogP) is 3.72. The van der Waals surface area contributed by atoms with Gasteiger partial charge in [0, 0.05) is 23.3 Å². The Morgan fingerprint density at radius 3 is 2.78 bits per heavy atom. The summed E-state index contributed by atoms with van der Waals surface area (Å²) in [4.78, 5) is 16.5. The minimum atomic E-state index is -0.0751. The van der Waals surface area contributed by atoms with Gasteiger partial charge in [0.25, 0.3) is 0 Å². The molecule has 0 spiro atoms. The molecule has 1 aromatic heterocycles. The van der Waals surface area contributed by atoms with Gasteiger partial charge in [0.1, 0.15) is 5.75 Å². The van der Waals surface area contributed by atoms with Crippen LogP contribution in [0.4, 0.5) is 0 Å². The van der Waals surface area contributed by atoms with Crippen molar-refractivity contribution < 1.29 is 9.90 Å². The third-order valence-corrected chi connectivity index (χ3v) is 3.69. The van der Waals surface area contributed by atoms with Gasteiger partial charge in [-0.05, 0) is 29.8 Å². The number of imidazole rings is 1. The number of rotatable bonds is 5. The average Bonchev–Trinajstić information content (AvgIpc) is 2.94. The monoisotopic (exact) mass is 326 g/mol. The third kappa shape index (κ3) is 3.99. The third-order valence-electron chi connectivity index (χ3n) is 3.45. The number of carbonyl (C=O) groups excluding carboxylic acids is 1. The van der Waals surface area contributed by atoms with Crippen molar-refractivity contribution >= 4 is 17.4 Å². The van der Waals surface area contributed by atoms with E-state index in [4.69, 9.17) is 11.6 Å². The number of ketones is 1. The van der Waals surface area contributed by atoms with Crippen molar-refractivity contribution in [2.75, 3.05) is 0 Å². The lowest BCUT2D eigenvalue weighted by atomic mass is 10.1. The molecule has 0 aliphatic rings. The molecular formula is C18H15ClN2O2. The lowest BCUT2D eigenvalue weighted by Crippen LogP contribution is -2.03. The first-order valence-electron chi connectivity index (χ1n) is 7.17. The van der Waals surface area contributed by atoms with E-state index in [1.54, 1.807) is 18.5 Å². The molecule has 0 atom stereocenters. The Hall–Kier alpha value is -2.59. The van der Waals surface area contributed by atoms with Crippen LogP contribution in [0.3, 0.4) is 0 Å². The quantitative estimate of drug-likeness (QED) is 0.727. The number of phenolic OH excluding ortho intramolecular Hbond substituents is 1. The van der Waals surface area contributed by atoms with E-state index >= 15 is 0 Å².